The zero-order valence-corrected chi connectivity index (χ0v) is 11.5. The second-order valence-corrected chi connectivity index (χ2v) is 5.39. The summed E-state index contributed by atoms with van der Waals surface area (Å²) in [4.78, 5) is 23.4. The van der Waals surface area contributed by atoms with E-state index in [0.29, 0.717) is 6.42 Å². The minimum atomic E-state index is -0.914. The summed E-state index contributed by atoms with van der Waals surface area (Å²) in [5.41, 5.74) is -0.269. The van der Waals surface area contributed by atoms with Crippen LogP contribution < -0.4 is 5.32 Å². The monoisotopic (exact) mass is 255 g/mol. The summed E-state index contributed by atoms with van der Waals surface area (Å²) < 4.78 is 0. The third-order valence-corrected chi connectivity index (χ3v) is 3.97. The molecule has 4 nitrogen and oxygen atoms in total. The number of hydrogen-bond donors (Lipinski definition) is 2. The summed E-state index contributed by atoms with van der Waals surface area (Å²) in [5.74, 6) is -0.957. The van der Waals surface area contributed by atoms with Crippen LogP contribution >= 0.6 is 0 Å². The van der Waals surface area contributed by atoms with Crippen LogP contribution in [0.5, 0.6) is 0 Å². The molecule has 0 aliphatic heterocycles. The number of nitrogens with one attached hydrogen (secondary N) is 1. The molecule has 0 bridgehead atoms. The molecule has 1 rings (SSSR count). The predicted molar refractivity (Wildman–Crippen MR) is 70.3 cm³/mol. The van der Waals surface area contributed by atoms with Gasteiger partial charge in [0.2, 0.25) is 5.91 Å². The Morgan fingerprint density at radius 3 is 2.33 bits per heavy atom. The van der Waals surface area contributed by atoms with Crippen LogP contribution in [0.1, 0.15) is 65.2 Å². The Labute approximate surface area is 109 Å². The molecule has 2 N–H and O–H groups in total. The topological polar surface area (TPSA) is 66.4 Å². The molecular weight excluding hydrogens is 230 g/mol. The number of carbonyl (C=O) groups excluding carboxylic acids is 1. The van der Waals surface area contributed by atoms with E-state index in [1.54, 1.807) is 0 Å². The molecule has 0 heterocycles. The molecule has 1 fully saturated rings. The van der Waals surface area contributed by atoms with Crippen LogP contribution in [0.3, 0.4) is 0 Å². The van der Waals surface area contributed by atoms with E-state index in [4.69, 9.17) is 5.11 Å². The van der Waals surface area contributed by atoms with E-state index in [1.807, 2.05) is 6.92 Å². The maximum atomic E-state index is 12.2. The molecule has 18 heavy (non-hydrogen) atoms. The first-order valence-electron chi connectivity index (χ1n) is 7.09. The molecule has 1 amide bonds. The Morgan fingerprint density at radius 1 is 1.28 bits per heavy atom. The minimum absolute atomic E-state index is 0.0425. The number of carboxylic acids is 1. The lowest BCUT2D eigenvalue weighted by atomic mass is 9.65. The number of amides is 1. The standard InChI is InChI=1S/C14H25NO3/c1-3-5-7-11(12(16)17)15-13(18)14(8-4-2)9-6-10-14/h11H,3-10H2,1-2H3,(H,15,18)(H,16,17). The Morgan fingerprint density at radius 2 is 1.94 bits per heavy atom. The van der Waals surface area contributed by atoms with Gasteiger partial charge in [-0.25, -0.2) is 4.79 Å². The fraction of sp³-hybridized carbons (Fsp3) is 0.857. The van der Waals surface area contributed by atoms with Gasteiger partial charge < -0.3 is 10.4 Å². The van der Waals surface area contributed by atoms with Crippen molar-refractivity contribution in [3.05, 3.63) is 0 Å². The maximum Gasteiger partial charge on any atom is 0.326 e. The van der Waals surface area contributed by atoms with Crippen LogP contribution in [0.2, 0.25) is 0 Å². The van der Waals surface area contributed by atoms with Crippen LogP contribution in [-0.4, -0.2) is 23.0 Å². The highest BCUT2D eigenvalue weighted by atomic mass is 16.4. The summed E-state index contributed by atoms with van der Waals surface area (Å²) in [6.07, 6.45) is 7.05. The van der Waals surface area contributed by atoms with Crippen molar-refractivity contribution in [2.24, 2.45) is 5.41 Å². The maximum absolute atomic E-state index is 12.2. The smallest absolute Gasteiger partial charge is 0.326 e. The van der Waals surface area contributed by atoms with Gasteiger partial charge in [-0.15, -0.1) is 0 Å². The molecular formula is C14H25NO3. The van der Waals surface area contributed by atoms with E-state index < -0.39 is 12.0 Å². The molecule has 1 aliphatic carbocycles. The van der Waals surface area contributed by atoms with Gasteiger partial charge in [0, 0.05) is 5.41 Å². The lowest BCUT2D eigenvalue weighted by molar-refractivity contribution is -0.146. The second-order valence-electron chi connectivity index (χ2n) is 5.39. The van der Waals surface area contributed by atoms with Crippen molar-refractivity contribution >= 4 is 11.9 Å². The van der Waals surface area contributed by atoms with Gasteiger partial charge in [0.05, 0.1) is 0 Å². The largest absolute Gasteiger partial charge is 0.480 e. The van der Waals surface area contributed by atoms with Crippen molar-refractivity contribution in [3.8, 4) is 0 Å². The minimum Gasteiger partial charge on any atom is -0.480 e. The first-order valence-corrected chi connectivity index (χ1v) is 7.09. The van der Waals surface area contributed by atoms with Crippen LogP contribution in [0.4, 0.5) is 0 Å². The normalized spacial score (nSPS) is 18.8. The fourth-order valence-electron chi connectivity index (χ4n) is 2.65. The van der Waals surface area contributed by atoms with E-state index in [2.05, 4.69) is 12.2 Å². The summed E-state index contributed by atoms with van der Waals surface area (Å²) >= 11 is 0. The SMILES string of the molecule is CCCCC(NC(=O)C1(CCC)CCC1)C(=O)O. The zero-order chi connectivity index (χ0) is 13.6. The summed E-state index contributed by atoms with van der Waals surface area (Å²) in [7, 11) is 0. The van der Waals surface area contributed by atoms with Crippen LogP contribution in [0, 0.1) is 5.41 Å². The molecule has 0 aromatic heterocycles. The van der Waals surface area contributed by atoms with Crippen LogP contribution in [0.15, 0.2) is 0 Å². The number of rotatable bonds is 8. The first kappa shape index (κ1) is 15.0. The van der Waals surface area contributed by atoms with Gasteiger partial charge in [0.1, 0.15) is 6.04 Å². The molecule has 1 atom stereocenters. The molecule has 1 unspecified atom stereocenters. The first-order chi connectivity index (χ1) is 8.55. The van der Waals surface area contributed by atoms with Gasteiger partial charge in [-0.3, -0.25) is 4.79 Å². The van der Waals surface area contributed by atoms with Crippen molar-refractivity contribution in [1.29, 1.82) is 0 Å². The van der Waals surface area contributed by atoms with Gasteiger partial charge in [-0.05, 0) is 25.7 Å². The molecule has 104 valence electrons. The Hall–Kier alpha value is -1.06. The highest BCUT2D eigenvalue weighted by Crippen LogP contribution is 2.45. The van der Waals surface area contributed by atoms with E-state index >= 15 is 0 Å². The van der Waals surface area contributed by atoms with Gasteiger partial charge in [0.25, 0.3) is 0 Å². The molecule has 0 saturated heterocycles. The Bertz CT molecular complexity index is 297. The van der Waals surface area contributed by atoms with Crippen molar-refractivity contribution in [1.82, 2.24) is 5.32 Å². The number of carbonyl (C=O) groups is 2. The van der Waals surface area contributed by atoms with Crippen molar-refractivity contribution < 1.29 is 14.7 Å². The molecule has 4 heteroatoms. The highest BCUT2D eigenvalue weighted by molar-refractivity contribution is 5.88. The number of aliphatic carboxylic acids is 1. The fourth-order valence-corrected chi connectivity index (χ4v) is 2.65. The second kappa shape index (κ2) is 6.76. The average Bonchev–Trinajstić information content (AvgIpc) is 2.28. The quantitative estimate of drug-likeness (QED) is 0.700. The van der Waals surface area contributed by atoms with Gasteiger partial charge in [-0.2, -0.15) is 0 Å². The highest BCUT2D eigenvalue weighted by Gasteiger charge is 2.44. The van der Waals surface area contributed by atoms with Crippen molar-refractivity contribution in [3.63, 3.8) is 0 Å². The Kier molecular flexibility index (Phi) is 5.63. The van der Waals surface area contributed by atoms with Crippen molar-refractivity contribution in [2.45, 2.75) is 71.3 Å². The summed E-state index contributed by atoms with van der Waals surface area (Å²) in [6.45, 7) is 4.09. The van der Waals surface area contributed by atoms with Crippen molar-refractivity contribution in [2.75, 3.05) is 0 Å². The molecule has 0 aromatic rings. The molecule has 1 aliphatic rings. The molecule has 1 saturated carbocycles. The van der Waals surface area contributed by atoms with Gasteiger partial charge in [0.15, 0.2) is 0 Å². The van der Waals surface area contributed by atoms with Gasteiger partial charge >= 0.3 is 5.97 Å². The molecule has 0 radical (unpaired) electrons. The number of carboxylic acid groups (broad SMARTS) is 1. The molecule has 0 spiro atoms. The molecule has 0 aromatic carbocycles. The van der Waals surface area contributed by atoms with Crippen LogP contribution in [0.25, 0.3) is 0 Å². The van der Waals surface area contributed by atoms with E-state index in [0.717, 1.165) is 44.9 Å². The zero-order valence-electron chi connectivity index (χ0n) is 11.5. The lowest BCUT2D eigenvalue weighted by Gasteiger charge is -2.40. The van der Waals surface area contributed by atoms with Gasteiger partial charge in [-0.1, -0.05) is 39.5 Å². The van der Waals surface area contributed by atoms with E-state index in [-0.39, 0.29) is 11.3 Å². The summed E-state index contributed by atoms with van der Waals surface area (Å²) in [6, 6.07) is -0.716. The number of unbranched alkanes of at least 4 members (excludes halogenated alkanes) is 1. The lowest BCUT2D eigenvalue weighted by Crippen LogP contribution is -2.51. The van der Waals surface area contributed by atoms with E-state index in [1.165, 1.54) is 0 Å². The van der Waals surface area contributed by atoms with E-state index in [9.17, 15) is 9.59 Å². The third-order valence-electron chi connectivity index (χ3n) is 3.97. The predicted octanol–water partition coefficient (Wildman–Crippen LogP) is 2.72. The average molecular weight is 255 g/mol. The van der Waals surface area contributed by atoms with Crippen LogP contribution in [-0.2, 0) is 9.59 Å². The third kappa shape index (κ3) is 3.47. The number of hydrogen-bond acceptors (Lipinski definition) is 2. The Balaban J connectivity index is 2.56. The summed E-state index contributed by atoms with van der Waals surface area (Å²) in [5, 5.41) is 11.9.